The summed E-state index contributed by atoms with van der Waals surface area (Å²) in [6, 6.07) is 11.1. The number of ketones is 1. The predicted molar refractivity (Wildman–Crippen MR) is 82.8 cm³/mol. The van der Waals surface area contributed by atoms with E-state index >= 15 is 0 Å². The minimum Gasteiger partial charge on any atom is -0.308 e. The van der Waals surface area contributed by atoms with Crippen LogP contribution in [0.5, 0.6) is 0 Å². The first kappa shape index (κ1) is 14.4. The van der Waals surface area contributed by atoms with Crippen LogP contribution < -0.4 is 4.90 Å². The Morgan fingerprint density at radius 2 is 1.91 bits per heavy atom. The van der Waals surface area contributed by atoms with Gasteiger partial charge in [0.25, 0.3) is 5.91 Å². The van der Waals surface area contributed by atoms with Crippen molar-refractivity contribution in [3.05, 3.63) is 65.0 Å². The molecule has 3 nitrogen and oxygen atoms in total. The summed E-state index contributed by atoms with van der Waals surface area (Å²) in [4.78, 5) is 25.8. The van der Waals surface area contributed by atoms with Crippen LogP contribution in [0.1, 0.15) is 39.6 Å². The first-order chi connectivity index (χ1) is 10.6. The average molecular weight is 297 g/mol. The molecule has 1 amide bonds. The van der Waals surface area contributed by atoms with Crippen LogP contribution in [0.15, 0.2) is 42.5 Å². The molecule has 0 radical (unpaired) electrons. The van der Waals surface area contributed by atoms with Gasteiger partial charge < -0.3 is 4.90 Å². The van der Waals surface area contributed by atoms with E-state index in [4.69, 9.17) is 0 Å². The number of rotatable bonds is 2. The lowest BCUT2D eigenvalue weighted by Crippen LogP contribution is -2.35. The maximum atomic E-state index is 13.3. The highest BCUT2D eigenvalue weighted by Crippen LogP contribution is 2.29. The maximum absolute atomic E-state index is 13.3. The molecule has 0 atom stereocenters. The fourth-order valence-corrected chi connectivity index (χ4v) is 2.80. The Morgan fingerprint density at radius 3 is 2.64 bits per heavy atom. The topological polar surface area (TPSA) is 37.4 Å². The largest absolute Gasteiger partial charge is 0.308 e. The molecule has 1 aliphatic rings. The third kappa shape index (κ3) is 2.64. The summed E-state index contributed by atoms with van der Waals surface area (Å²) in [5.74, 6) is -0.623. The summed E-state index contributed by atoms with van der Waals surface area (Å²) in [7, 11) is 0. The van der Waals surface area contributed by atoms with Gasteiger partial charge in [0.15, 0.2) is 5.78 Å². The van der Waals surface area contributed by atoms with Gasteiger partial charge in [-0.1, -0.05) is 6.07 Å². The van der Waals surface area contributed by atoms with E-state index < -0.39 is 5.82 Å². The molecule has 0 spiro atoms. The number of hydrogen-bond donors (Lipinski definition) is 0. The van der Waals surface area contributed by atoms with Crippen LogP contribution in [0, 0.1) is 5.82 Å². The lowest BCUT2D eigenvalue weighted by Gasteiger charge is -2.30. The number of anilines is 1. The maximum Gasteiger partial charge on any atom is 0.258 e. The molecule has 3 rings (SSSR count). The van der Waals surface area contributed by atoms with Gasteiger partial charge in [0.2, 0.25) is 0 Å². The van der Waals surface area contributed by atoms with Crippen LogP contribution in [0.2, 0.25) is 0 Å². The van der Waals surface area contributed by atoms with E-state index in [-0.39, 0.29) is 11.7 Å². The molecular weight excluding hydrogens is 281 g/mol. The normalized spacial score (nSPS) is 13.6. The van der Waals surface area contributed by atoms with E-state index in [0.29, 0.717) is 17.7 Å². The molecule has 0 saturated heterocycles. The lowest BCUT2D eigenvalue weighted by atomic mass is 9.97. The first-order valence-corrected chi connectivity index (χ1v) is 7.27. The zero-order valence-electron chi connectivity index (χ0n) is 12.3. The van der Waals surface area contributed by atoms with Crippen LogP contribution >= 0.6 is 0 Å². The van der Waals surface area contributed by atoms with E-state index in [2.05, 4.69) is 0 Å². The van der Waals surface area contributed by atoms with Gasteiger partial charge in [0, 0.05) is 23.4 Å². The van der Waals surface area contributed by atoms with Gasteiger partial charge in [0.05, 0.1) is 0 Å². The number of carbonyl (C=O) groups excluding carboxylic acids is 2. The highest BCUT2D eigenvalue weighted by Gasteiger charge is 2.24. The Kier molecular flexibility index (Phi) is 3.75. The number of carbonyl (C=O) groups is 2. The number of hydrogen-bond acceptors (Lipinski definition) is 2. The molecule has 0 aliphatic carbocycles. The van der Waals surface area contributed by atoms with Gasteiger partial charge in [-0.3, -0.25) is 9.59 Å². The van der Waals surface area contributed by atoms with Crippen molar-refractivity contribution in [1.82, 2.24) is 0 Å². The van der Waals surface area contributed by atoms with Crippen molar-refractivity contribution in [2.75, 3.05) is 11.4 Å². The van der Waals surface area contributed by atoms with Crippen molar-refractivity contribution in [3.8, 4) is 0 Å². The Morgan fingerprint density at radius 1 is 1.09 bits per heavy atom. The predicted octanol–water partition coefficient (Wildman–Crippen LogP) is 3.62. The van der Waals surface area contributed by atoms with Crippen LogP contribution in [-0.2, 0) is 6.42 Å². The van der Waals surface area contributed by atoms with Gasteiger partial charge in [-0.25, -0.2) is 4.39 Å². The Labute approximate surface area is 128 Å². The molecule has 22 heavy (non-hydrogen) atoms. The van der Waals surface area contributed by atoms with Crippen molar-refractivity contribution in [2.24, 2.45) is 0 Å². The zero-order chi connectivity index (χ0) is 15.7. The van der Waals surface area contributed by atoms with Crippen LogP contribution in [0.25, 0.3) is 0 Å². The molecule has 112 valence electrons. The van der Waals surface area contributed by atoms with Gasteiger partial charge >= 0.3 is 0 Å². The molecule has 0 unspecified atom stereocenters. The third-order valence-electron chi connectivity index (χ3n) is 3.92. The van der Waals surface area contributed by atoms with Gasteiger partial charge in [0.1, 0.15) is 5.82 Å². The Bertz CT molecular complexity index is 755. The Balaban J connectivity index is 1.98. The summed E-state index contributed by atoms with van der Waals surface area (Å²) >= 11 is 0. The SMILES string of the molecule is CC(=O)c1ccc2c(c1)CCCN2C(=O)c1cccc(F)c1. The zero-order valence-corrected chi connectivity index (χ0v) is 12.3. The van der Waals surface area contributed by atoms with Gasteiger partial charge in [-0.2, -0.15) is 0 Å². The molecule has 1 heterocycles. The molecule has 0 saturated carbocycles. The lowest BCUT2D eigenvalue weighted by molar-refractivity contribution is 0.0983. The van der Waals surface area contributed by atoms with Crippen LogP contribution in [0.3, 0.4) is 0 Å². The van der Waals surface area contributed by atoms with E-state index in [1.54, 1.807) is 17.0 Å². The minimum absolute atomic E-state index is 0.0105. The van der Waals surface area contributed by atoms with Crippen molar-refractivity contribution >= 4 is 17.4 Å². The van der Waals surface area contributed by atoms with Crippen molar-refractivity contribution in [2.45, 2.75) is 19.8 Å². The molecule has 0 bridgehead atoms. The molecule has 4 heteroatoms. The number of halogens is 1. The number of fused-ring (bicyclic) bond motifs is 1. The van der Waals surface area contributed by atoms with E-state index in [9.17, 15) is 14.0 Å². The second kappa shape index (κ2) is 5.72. The summed E-state index contributed by atoms with van der Waals surface area (Å²) in [6.45, 7) is 2.13. The standard InChI is InChI=1S/C18H16FNO2/c1-12(21)13-7-8-17-14(10-13)5-3-9-20(17)18(22)15-4-2-6-16(19)11-15/h2,4,6-8,10-11H,3,5,9H2,1H3. The summed E-state index contributed by atoms with van der Waals surface area (Å²) in [5, 5.41) is 0. The molecule has 2 aromatic carbocycles. The summed E-state index contributed by atoms with van der Waals surface area (Å²) < 4.78 is 13.3. The van der Waals surface area contributed by atoms with Crippen molar-refractivity contribution in [1.29, 1.82) is 0 Å². The number of nitrogens with zero attached hydrogens (tertiary/aromatic N) is 1. The van der Waals surface area contributed by atoms with Gasteiger partial charge in [-0.15, -0.1) is 0 Å². The van der Waals surface area contributed by atoms with Crippen LogP contribution in [0.4, 0.5) is 10.1 Å². The molecule has 0 N–H and O–H groups in total. The molecule has 1 aliphatic heterocycles. The fourth-order valence-electron chi connectivity index (χ4n) is 2.80. The van der Waals surface area contributed by atoms with E-state index in [1.807, 2.05) is 12.1 Å². The van der Waals surface area contributed by atoms with E-state index in [1.165, 1.54) is 25.1 Å². The summed E-state index contributed by atoms with van der Waals surface area (Å²) in [6.07, 6.45) is 1.67. The number of benzene rings is 2. The fraction of sp³-hybridized carbons (Fsp3) is 0.222. The number of Topliss-reactive ketones (excluding diaryl/α,β-unsaturated/α-hetero) is 1. The van der Waals surface area contributed by atoms with Crippen molar-refractivity contribution < 1.29 is 14.0 Å². The minimum atomic E-state index is -0.421. The molecule has 0 aromatic heterocycles. The van der Waals surface area contributed by atoms with Crippen LogP contribution in [-0.4, -0.2) is 18.2 Å². The molecule has 2 aromatic rings. The van der Waals surface area contributed by atoms with E-state index in [0.717, 1.165) is 24.1 Å². The first-order valence-electron chi connectivity index (χ1n) is 7.27. The Hall–Kier alpha value is -2.49. The quantitative estimate of drug-likeness (QED) is 0.794. The second-order valence-electron chi connectivity index (χ2n) is 5.47. The monoisotopic (exact) mass is 297 g/mol. The molecular formula is C18H16FNO2. The van der Waals surface area contributed by atoms with Crippen molar-refractivity contribution in [3.63, 3.8) is 0 Å². The number of amides is 1. The highest BCUT2D eigenvalue weighted by molar-refractivity contribution is 6.07. The average Bonchev–Trinajstić information content (AvgIpc) is 2.53. The molecule has 0 fully saturated rings. The summed E-state index contributed by atoms with van der Waals surface area (Å²) in [5.41, 5.74) is 2.79. The third-order valence-corrected chi connectivity index (χ3v) is 3.92. The van der Waals surface area contributed by atoms with Gasteiger partial charge in [-0.05, 0) is 61.7 Å². The smallest absolute Gasteiger partial charge is 0.258 e. The second-order valence-corrected chi connectivity index (χ2v) is 5.47. The number of aryl methyl sites for hydroxylation is 1. The highest BCUT2D eigenvalue weighted by atomic mass is 19.1.